The minimum absolute atomic E-state index is 0.227. The smallest absolute Gasteiger partial charge is 0.138 e. The van der Waals surface area contributed by atoms with Crippen LogP contribution in [0.3, 0.4) is 0 Å². The largest absolute Gasteiger partial charge is 0.494 e. The number of likely N-dealkylation sites (N-methyl/N-ethyl adjacent to an activating group) is 1. The van der Waals surface area contributed by atoms with Gasteiger partial charge in [0.15, 0.2) is 0 Å². The number of aromatic amines is 1. The number of rotatable bonds is 6. The minimum Gasteiger partial charge on any atom is -0.494 e. The molecular weight excluding hydrogens is 391 g/mol. The van der Waals surface area contributed by atoms with E-state index in [1.54, 1.807) is 13.0 Å². The fourth-order valence-electron chi connectivity index (χ4n) is 5.23. The lowest BCUT2D eigenvalue weighted by atomic mass is 10.1. The van der Waals surface area contributed by atoms with E-state index in [1.165, 1.54) is 32.1 Å². The molecule has 1 aromatic heterocycles. The van der Waals surface area contributed by atoms with Crippen LogP contribution in [-0.4, -0.2) is 65.6 Å². The Kier molecular flexibility index (Phi) is 5.44. The second kappa shape index (κ2) is 8.24. The molecule has 2 aromatic carbocycles. The van der Waals surface area contributed by atoms with Crippen molar-refractivity contribution in [2.45, 2.75) is 32.7 Å². The van der Waals surface area contributed by atoms with Crippen LogP contribution in [0.4, 0.5) is 4.39 Å². The van der Waals surface area contributed by atoms with Gasteiger partial charge in [0.25, 0.3) is 0 Å². The molecule has 0 radical (unpaired) electrons. The second-order valence-corrected chi connectivity index (χ2v) is 9.19. The van der Waals surface area contributed by atoms with Crippen molar-refractivity contribution in [3.63, 3.8) is 0 Å². The molecule has 3 aromatic rings. The van der Waals surface area contributed by atoms with Crippen molar-refractivity contribution < 1.29 is 9.13 Å². The minimum atomic E-state index is -0.227. The summed E-state index contributed by atoms with van der Waals surface area (Å²) in [5.41, 5.74) is 4.21. The average molecular weight is 423 g/mol. The molecule has 2 aliphatic rings. The summed E-state index contributed by atoms with van der Waals surface area (Å²) in [6.07, 6.45) is 2.39. The summed E-state index contributed by atoms with van der Waals surface area (Å²) in [6.45, 7) is 9.35. The number of H-pyrrole nitrogens is 1. The van der Waals surface area contributed by atoms with E-state index in [4.69, 9.17) is 4.74 Å². The van der Waals surface area contributed by atoms with Crippen molar-refractivity contribution in [3.05, 3.63) is 47.3 Å². The van der Waals surface area contributed by atoms with Crippen molar-refractivity contribution in [1.82, 2.24) is 19.8 Å². The standard InChI is InChI=1S/C25H31FN4O/c1-16-13-19(31-12-4-10-30-14-18-9-11-29(3)23(18)15-30)5-6-20(16)25-27-22-8-7-21(26)17(2)24(22)28-25/h5-8,13,18,23H,4,9-12,14-15H2,1-3H3,(H,27,28). The Morgan fingerprint density at radius 1 is 1.19 bits per heavy atom. The van der Waals surface area contributed by atoms with Crippen LogP contribution < -0.4 is 4.74 Å². The van der Waals surface area contributed by atoms with E-state index in [0.29, 0.717) is 11.1 Å². The molecule has 2 fully saturated rings. The zero-order chi connectivity index (χ0) is 21.5. The molecule has 2 unspecified atom stereocenters. The van der Waals surface area contributed by atoms with Gasteiger partial charge in [-0.25, -0.2) is 9.37 Å². The Morgan fingerprint density at radius 2 is 2.06 bits per heavy atom. The molecule has 1 N–H and O–H groups in total. The normalized spacial score (nSPS) is 21.8. The Hall–Kier alpha value is -2.44. The lowest BCUT2D eigenvalue weighted by Gasteiger charge is -2.20. The third-order valence-electron chi connectivity index (χ3n) is 7.08. The van der Waals surface area contributed by atoms with Gasteiger partial charge in [-0.05, 0) is 82.1 Å². The highest BCUT2D eigenvalue weighted by atomic mass is 19.1. The summed E-state index contributed by atoms with van der Waals surface area (Å²) in [4.78, 5) is 13.1. The number of hydrogen-bond acceptors (Lipinski definition) is 4. The van der Waals surface area contributed by atoms with Crippen molar-refractivity contribution in [2.75, 3.05) is 39.8 Å². The molecule has 3 heterocycles. The van der Waals surface area contributed by atoms with Crippen LogP contribution in [0.5, 0.6) is 5.75 Å². The predicted molar refractivity (Wildman–Crippen MR) is 122 cm³/mol. The highest BCUT2D eigenvalue weighted by Crippen LogP contribution is 2.31. The van der Waals surface area contributed by atoms with Gasteiger partial charge in [-0.1, -0.05) is 0 Å². The molecule has 164 valence electrons. The first-order valence-electron chi connectivity index (χ1n) is 11.3. The maximum absolute atomic E-state index is 13.8. The van der Waals surface area contributed by atoms with Crippen LogP contribution in [0.1, 0.15) is 24.0 Å². The SMILES string of the molecule is Cc1cc(OCCCN2CC3CCN(C)C3C2)ccc1-c1nc2c(C)c(F)ccc2[nH]1. The average Bonchev–Trinajstić information content (AvgIpc) is 3.44. The summed E-state index contributed by atoms with van der Waals surface area (Å²) in [6, 6.07) is 10.1. The summed E-state index contributed by atoms with van der Waals surface area (Å²) in [5.74, 6) is 2.28. The highest BCUT2D eigenvalue weighted by molar-refractivity contribution is 5.83. The lowest BCUT2D eigenvalue weighted by Crippen LogP contribution is -2.32. The number of halogens is 1. The summed E-state index contributed by atoms with van der Waals surface area (Å²) in [7, 11) is 2.26. The van der Waals surface area contributed by atoms with E-state index < -0.39 is 0 Å². The maximum Gasteiger partial charge on any atom is 0.138 e. The summed E-state index contributed by atoms with van der Waals surface area (Å²) >= 11 is 0. The molecule has 6 heteroatoms. The molecule has 0 saturated carbocycles. The summed E-state index contributed by atoms with van der Waals surface area (Å²) in [5, 5.41) is 0. The van der Waals surface area contributed by atoms with Gasteiger partial charge < -0.3 is 19.5 Å². The van der Waals surface area contributed by atoms with Crippen LogP contribution in [0, 0.1) is 25.6 Å². The van der Waals surface area contributed by atoms with E-state index in [9.17, 15) is 4.39 Å². The van der Waals surface area contributed by atoms with Gasteiger partial charge in [0.1, 0.15) is 17.4 Å². The fourth-order valence-corrected chi connectivity index (χ4v) is 5.23. The van der Waals surface area contributed by atoms with Crippen LogP contribution in [-0.2, 0) is 0 Å². The Labute approximate surface area is 183 Å². The first kappa shape index (κ1) is 20.5. The third-order valence-corrected chi connectivity index (χ3v) is 7.08. The van der Waals surface area contributed by atoms with Gasteiger partial charge in [0, 0.05) is 36.8 Å². The molecule has 0 aliphatic carbocycles. The van der Waals surface area contributed by atoms with Crippen molar-refractivity contribution in [3.8, 4) is 17.1 Å². The molecular formula is C25H31FN4O. The van der Waals surface area contributed by atoms with Crippen LogP contribution in [0.15, 0.2) is 30.3 Å². The van der Waals surface area contributed by atoms with E-state index in [0.717, 1.165) is 59.7 Å². The fraction of sp³-hybridized carbons (Fsp3) is 0.480. The molecule has 0 bridgehead atoms. The van der Waals surface area contributed by atoms with Gasteiger partial charge in [-0.2, -0.15) is 0 Å². The lowest BCUT2D eigenvalue weighted by molar-refractivity contribution is 0.235. The molecule has 0 spiro atoms. The Bertz CT molecular complexity index is 1090. The number of aryl methyl sites for hydroxylation is 2. The molecule has 2 atom stereocenters. The summed E-state index contributed by atoms with van der Waals surface area (Å²) < 4.78 is 19.9. The monoisotopic (exact) mass is 422 g/mol. The number of imidazole rings is 1. The quantitative estimate of drug-likeness (QED) is 0.599. The molecule has 5 rings (SSSR count). The van der Waals surface area contributed by atoms with Crippen LogP contribution >= 0.6 is 0 Å². The first-order valence-corrected chi connectivity index (χ1v) is 11.3. The Morgan fingerprint density at radius 3 is 2.87 bits per heavy atom. The zero-order valence-corrected chi connectivity index (χ0v) is 18.6. The topological polar surface area (TPSA) is 44.4 Å². The number of benzene rings is 2. The number of aromatic nitrogens is 2. The Balaban J connectivity index is 1.18. The van der Waals surface area contributed by atoms with E-state index in [2.05, 4.69) is 39.8 Å². The van der Waals surface area contributed by atoms with Crippen molar-refractivity contribution >= 4 is 11.0 Å². The van der Waals surface area contributed by atoms with Gasteiger partial charge >= 0.3 is 0 Å². The van der Waals surface area contributed by atoms with Crippen LogP contribution in [0.2, 0.25) is 0 Å². The number of hydrogen-bond donors (Lipinski definition) is 1. The maximum atomic E-state index is 13.8. The number of ether oxygens (including phenoxy) is 1. The van der Waals surface area contributed by atoms with Crippen LogP contribution in [0.25, 0.3) is 22.4 Å². The van der Waals surface area contributed by atoms with Gasteiger partial charge in [0.2, 0.25) is 0 Å². The molecule has 0 amide bonds. The van der Waals surface area contributed by atoms with Crippen molar-refractivity contribution in [1.29, 1.82) is 0 Å². The molecule has 31 heavy (non-hydrogen) atoms. The van der Waals surface area contributed by atoms with E-state index in [1.807, 2.05) is 12.1 Å². The molecule has 2 aliphatic heterocycles. The van der Waals surface area contributed by atoms with Crippen molar-refractivity contribution in [2.24, 2.45) is 5.92 Å². The van der Waals surface area contributed by atoms with E-state index >= 15 is 0 Å². The van der Waals surface area contributed by atoms with Gasteiger partial charge in [-0.3, -0.25) is 0 Å². The second-order valence-electron chi connectivity index (χ2n) is 9.19. The highest BCUT2D eigenvalue weighted by Gasteiger charge is 2.38. The number of likely N-dealkylation sites (tertiary alicyclic amines) is 2. The number of fused-ring (bicyclic) bond motifs is 2. The number of nitrogens with one attached hydrogen (secondary N) is 1. The van der Waals surface area contributed by atoms with Gasteiger partial charge in [-0.15, -0.1) is 0 Å². The van der Waals surface area contributed by atoms with E-state index in [-0.39, 0.29) is 5.82 Å². The molecule has 2 saturated heterocycles. The third kappa shape index (κ3) is 3.94. The molecule has 5 nitrogen and oxygen atoms in total. The van der Waals surface area contributed by atoms with Gasteiger partial charge in [0.05, 0.1) is 17.6 Å². The first-order chi connectivity index (χ1) is 15.0. The number of nitrogens with zero attached hydrogens (tertiary/aromatic N) is 3. The predicted octanol–water partition coefficient (Wildman–Crippen LogP) is 4.39. The zero-order valence-electron chi connectivity index (χ0n) is 18.6.